The van der Waals surface area contributed by atoms with Crippen molar-refractivity contribution in [3.63, 3.8) is 0 Å². The van der Waals surface area contributed by atoms with E-state index in [-0.39, 0.29) is 12.2 Å². The van der Waals surface area contributed by atoms with Gasteiger partial charge in [0.1, 0.15) is 5.82 Å². The first-order valence-corrected chi connectivity index (χ1v) is 6.52. The molecule has 0 spiro atoms. The summed E-state index contributed by atoms with van der Waals surface area (Å²) in [6.07, 6.45) is 0.812. The number of fused-ring (bicyclic) bond motifs is 1. The molecule has 2 rings (SSSR count). The van der Waals surface area contributed by atoms with E-state index in [0.717, 1.165) is 24.3 Å². The number of rotatable bonds is 7. The topological polar surface area (TPSA) is 84.6 Å². The lowest BCUT2D eigenvalue weighted by atomic mass is 10.2. The summed E-state index contributed by atoms with van der Waals surface area (Å²) in [5, 5.41) is 17.6. The van der Waals surface area contributed by atoms with Crippen molar-refractivity contribution in [2.24, 2.45) is 0 Å². The van der Waals surface area contributed by atoms with Crippen LogP contribution in [-0.4, -0.2) is 45.6 Å². The molecule has 0 atom stereocenters. The van der Waals surface area contributed by atoms with E-state index in [1.54, 1.807) is 18.2 Å². The van der Waals surface area contributed by atoms with E-state index in [1.807, 2.05) is 11.5 Å². The number of aliphatic hydroxyl groups is 1. The van der Waals surface area contributed by atoms with Gasteiger partial charge in [-0.3, -0.25) is 0 Å². The summed E-state index contributed by atoms with van der Waals surface area (Å²) in [5.41, 5.74) is 1.86. The van der Waals surface area contributed by atoms with Crippen LogP contribution < -0.4 is 0 Å². The molecule has 0 unspecified atom stereocenters. The van der Waals surface area contributed by atoms with Gasteiger partial charge in [-0.2, -0.15) is 0 Å². The Morgan fingerprint density at radius 3 is 2.90 bits per heavy atom. The molecule has 0 amide bonds. The van der Waals surface area contributed by atoms with E-state index in [1.165, 1.54) is 0 Å². The number of aryl methyl sites for hydroxylation is 2. The summed E-state index contributed by atoms with van der Waals surface area (Å²) in [6, 6.07) is 4.96. The van der Waals surface area contributed by atoms with Crippen molar-refractivity contribution in [1.82, 2.24) is 9.55 Å². The minimum absolute atomic E-state index is 0.0327. The van der Waals surface area contributed by atoms with Crippen LogP contribution in [0.1, 0.15) is 22.6 Å². The summed E-state index contributed by atoms with van der Waals surface area (Å²) >= 11 is 0. The van der Waals surface area contributed by atoms with Gasteiger partial charge in [0.2, 0.25) is 0 Å². The molecular formula is C14H18N2O4. The minimum Gasteiger partial charge on any atom is -0.478 e. The van der Waals surface area contributed by atoms with Gasteiger partial charge in [-0.25, -0.2) is 9.78 Å². The molecule has 0 aliphatic rings. The van der Waals surface area contributed by atoms with Gasteiger partial charge in [0.05, 0.1) is 29.8 Å². The number of carboxylic acid groups (broad SMARTS) is 1. The smallest absolute Gasteiger partial charge is 0.335 e. The van der Waals surface area contributed by atoms with E-state index in [2.05, 4.69) is 4.98 Å². The fraction of sp³-hybridized carbons (Fsp3) is 0.429. The Labute approximate surface area is 116 Å². The van der Waals surface area contributed by atoms with E-state index < -0.39 is 5.97 Å². The van der Waals surface area contributed by atoms with Crippen LogP contribution in [0.25, 0.3) is 11.0 Å². The summed E-state index contributed by atoms with van der Waals surface area (Å²) in [5.74, 6) is -0.0961. The first-order valence-electron chi connectivity index (χ1n) is 6.52. The highest BCUT2D eigenvalue weighted by molar-refractivity contribution is 5.92. The number of nitrogens with zero attached hydrogens (tertiary/aromatic N) is 2. The Hall–Kier alpha value is -1.92. The molecule has 1 heterocycles. The molecule has 0 fully saturated rings. The number of imidazole rings is 1. The first kappa shape index (κ1) is 14.5. The quantitative estimate of drug-likeness (QED) is 0.749. The van der Waals surface area contributed by atoms with Gasteiger partial charge in [-0.05, 0) is 31.5 Å². The number of benzene rings is 1. The number of aliphatic hydroxyl groups excluding tert-OH is 1. The lowest BCUT2D eigenvalue weighted by Crippen LogP contribution is -2.06. The van der Waals surface area contributed by atoms with Gasteiger partial charge >= 0.3 is 5.97 Å². The third kappa shape index (κ3) is 3.15. The lowest BCUT2D eigenvalue weighted by Gasteiger charge is -2.07. The summed E-state index contributed by atoms with van der Waals surface area (Å²) < 4.78 is 7.27. The number of carboxylic acids is 1. The third-order valence-electron chi connectivity index (χ3n) is 3.09. The van der Waals surface area contributed by atoms with Gasteiger partial charge in [0.25, 0.3) is 0 Å². The predicted molar refractivity (Wildman–Crippen MR) is 74.0 cm³/mol. The van der Waals surface area contributed by atoms with E-state index in [4.69, 9.17) is 14.9 Å². The maximum atomic E-state index is 10.9. The largest absolute Gasteiger partial charge is 0.478 e. The van der Waals surface area contributed by atoms with Crippen LogP contribution in [0.3, 0.4) is 0 Å². The molecule has 0 radical (unpaired) electrons. The molecule has 0 saturated heterocycles. The van der Waals surface area contributed by atoms with Crippen LogP contribution in [0.15, 0.2) is 18.2 Å². The van der Waals surface area contributed by atoms with E-state index in [0.29, 0.717) is 18.7 Å². The molecular weight excluding hydrogens is 260 g/mol. The summed E-state index contributed by atoms with van der Waals surface area (Å²) in [4.78, 5) is 15.3. The fourth-order valence-corrected chi connectivity index (χ4v) is 2.16. The Kier molecular flexibility index (Phi) is 4.70. The molecule has 0 bridgehead atoms. The van der Waals surface area contributed by atoms with Crippen molar-refractivity contribution >= 4 is 17.0 Å². The fourth-order valence-electron chi connectivity index (χ4n) is 2.16. The zero-order valence-electron chi connectivity index (χ0n) is 11.4. The van der Waals surface area contributed by atoms with Crippen LogP contribution >= 0.6 is 0 Å². The summed E-state index contributed by atoms with van der Waals surface area (Å²) in [7, 11) is 0. The SMILES string of the molecule is Cc1nc2cc(C(=O)O)ccc2n1CCCOCCO. The Bertz CT molecular complexity index is 606. The molecule has 6 heteroatoms. The average Bonchev–Trinajstić information content (AvgIpc) is 2.73. The average molecular weight is 278 g/mol. The molecule has 0 aliphatic carbocycles. The molecule has 0 aliphatic heterocycles. The van der Waals surface area contributed by atoms with Crippen molar-refractivity contribution in [1.29, 1.82) is 0 Å². The highest BCUT2D eigenvalue weighted by Gasteiger charge is 2.10. The maximum Gasteiger partial charge on any atom is 0.335 e. The maximum absolute atomic E-state index is 10.9. The predicted octanol–water partition coefficient (Wildman–Crippen LogP) is 1.44. The van der Waals surface area contributed by atoms with Crippen LogP contribution in [0.5, 0.6) is 0 Å². The second-order valence-corrected chi connectivity index (χ2v) is 4.51. The lowest BCUT2D eigenvalue weighted by molar-refractivity contribution is 0.0697. The van der Waals surface area contributed by atoms with Gasteiger partial charge in [-0.15, -0.1) is 0 Å². The number of aromatic nitrogens is 2. The number of aromatic carboxylic acids is 1. The molecule has 2 aromatic rings. The van der Waals surface area contributed by atoms with Crippen molar-refractivity contribution in [2.75, 3.05) is 19.8 Å². The number of hydrogen-bond acceptors (Lipinski definition) is 4. The summed E-state index contributed by atoms with van der Waals surface area (Å²) in [6.45, 7) is 3.61. The van der Waals surface area contributed by atoms with Crippen molar-refractivity contribution in [3.8, 4) is 0 Å². The minimum atomic E-state index is -0.948. The molecule has 20 heavy (non-hydrogen) atoms. The van der Waals surface area contributed by atoms with Crippen molar-refractivity contribution in [2.45, 2.75) is 19.9 Å². The van der Waals surface area contributed by atoms with E-state index >= 15 is 0 Å². The normalized spacial score (nSPS) is 11.1. The van der Waals surface area contributed by atoms with Crippen molar-refractivity contribution < 1.29 is 19.7 Å². The zero-order chi connectivity index (χ0) is 14.5. The van der Waals surface area contributed by atoms with Crippen molar-refractivity contribution in [3.05, 3.63) is 29.6 Å². The molecule has 1 aromatic heterocycles. The van der Waals surface area contributed by atoms with Gasteiger partial charge in [-0.1, -0.05) is 0 Å². The van der Waals surface area contributed by atoms with Crippen LogP contribution in [0, 0.1) is 6.92 Å². The molecule has 1 aromatic carbocycles. The van der Waals surface area contributed by atoms with Gasteiger partial charge in [0.15, 0.2) is 0 Å². The standard InChI is InChI=1S/C14H18N2O4/c1-10-15-12-9-11(14(18)19)3-4-13(12)16(10)5-2-7-20-8-6-17/h3-4,9,17H,2,5-8H2,1H3,(H,18,19). The van der Waals surface area contributed by atoms with Crippen LogP contribution in [0.2, 0.25) is 0 Å². The first-order chi connectivity index (χ1) is 9.63. The number of ether oxygens (including phenoxy) is 1. The highest BCUT2D eigenvalue weighted by Crippen LogP contribution is 2.18. The molecule has 0 saturated carbocycles. The number of carbonyl (C=O) groups is 1. The molecule has 2 N–H and O–H groups in total. The second-order valence-electron chi connectivity index (χ2n) is 4.51. The van der Waals surface area contributed by atoms with Gasteiger partial charge in [0, 0.05) is 13.2 Å². The Morgan fingerprint density at radius 1 is 1.40 bits per heavy atom. The second kappa shape index (κ2) is 6.49. The molecule has 108 valence electrons. The van der Waals surface area contributed by atoms with Crippen LogP contribution in [0.4, 0.5) is 0 Å². The molecule has 6 nitrogen and oxygen atoms in total. The van der Waals surface area contributed by atoms with Gasteiger partial charge < -0.3 is 19.5 Å². The third-order valence-corrected chi connectivity index (χ3v) is 3.09. The van der Waals surface area contributed by atoms with Crippen LogP contribution in [-0.2, 0) is 11.3 Å². The Morgan fingerprint density at radius 2 is 2.20 bits per heavy atom. The zero-order valence-corrected chi connectivity index (χ0v) is 11.4. The highest BCUT2D eigenvalue weighted by atomic mass is 16.5. The monoisotopic (exact) mass is 278 g/mol. The number of hydrogen-bond donors (Lipinski definition) is 2. The Balaban J connectivity index is 2.13. The van der Waals surface area contributed by atoms with E-state index in [9.17, 15) is 4.79 Å².